The topological polar surface area (TPSA) is 32.3 Å². The van der Waals surface area contributed by atoms with Crippen molar-refractivity contribution in [1.29, 1.82) is 0 Å². The predicted octanol–water partition coefficient (Wildman–Crippen LogP) is 2.42. The van der Waals surface area contributed by atoms with Crippen LogP contribution < -0.4 is 5.32 Å². The number of alkyl halides is 3. The lowest BCUT2D eigenvalue weighted by Crippen LogP contribution is -2.28. The fourth-order valence-corrected chi connectivity index (χ4v) is 1.86. The maximum Gasteiger partial charge on any atom is 0.416 e. The average molecular weight is 231 g/mol. The van der Waals surface area contributed by atoms with E-state index in [4.69, 9.17) is 0 Å². The van der Waals surface area contributed by atoms with E-state index in [-0.39, 0.29) is 6.04 Å². The molecule has 0 radical (unpaired) electrons. The Kier molecular flexibility index (Phi) is 2.58. The Hall–Kier alpha value is -1.23. The van der Waals surface area contributed by atoms with Gasteiger partial charge in [0.05, 0.1) is 17.7 Å². The molecule has 0 aromatic heterocycles. The van der Waals surface area contributed by atoms with Crippen LogP contribution in [0.2, 0.25) is 0 Å². The van der Waals surface area contributed by atoms with Gasteiger partial charge in [0.15, 0.2) is 0 Å². The molecule has 2 atom stereocenters. The van der Waals surface area contributed by atoms with Crippen molar-refractivity contribution < 1.29 is 18.3 Å². The number of fused-ring (bicyclic) bond motifs is 1. The fraction of sp³-hybridized carbons (Fsp3) is 0.455. The third kappa shape index (κ3) is 2.00. The number of rotatable bonds is 1. The van der Waals surface area contributed by atoms with Crippen LogP contribution in [-0.2, 0) is 12.6 Å². The maximum atomic E-state index is 12.4. The highest BCUT2D eigenvalue weighted by molar-refractivity contribution is 5.58. The van der Waals surface area contributed by atoms with Crippen molar-refractivity contribution in [2.75, 3.05) is 5.32 Å². The summed E-state index contributed by atoms with van der Waals surface area (Å²) >= 11 is 0. The number of aliphatic hydroxyl groups excluding tert-OH is 1. The number of hydrogen-bond donors (Lipinski definition) is 2. The van der Waals surface area contributed by atoms with Crippen molar-refractivity contribution in [3.8, 4) is 0 Å². The molecular weight excluding hydrogens is 219 g/mol. The van der Waals surface area contributed by atoms with Crippen LogP contribution >= 0.6 is 0 Å². The zero-order valence-corrected chi connectivity index (χ0v) is 8.67. The highest BCUT2D eigenvalue weighted by Crippen LogP contribution is 2.35. The van der Waals surface area contributed by atoms with Gasteiger partial charge >= 0.3 is 6.18 Å². The van der Waals surface area contributed by atoms with Gasteiger partial charge in [-0.25, -0.2) is 0 Å². The summed E-state index contributed by atoms with van der Waals surface area (Å²) in [5.74, 6) is 0. The van der Waals surface area contributed by atoms with Crippen LogP contribution in [0.5, 0.6) is 0 Å². The minimum Gasteiger partial charge on any atom is -0.391 e. The van der Waals surface area contributed by atoms with Gasteiger partial charge in [0.1, 0.15) is 0 Å². The van der Waals surface area contributed by atoms with E-state index < -0.39 is 17.8 Å². The second kappa shape index (κ2) is 3.66. The largest absolute Gasteiger partial charge is 0.416 e. The number of nitrogens with one attached hydrogen (secondary N) is 1. The van der Waals surface area contributed by atoms with Crippen LogP contribution in [0.3, 0.4) is 0 Å². The molecule has 0 fully saturated rings. The summed E-state index contributed by atoms with van der Waals surface area (Å²) in [4.78, 5) is 0. The highest BCUT2D eigenvalue weighted by atomic mass is 19.4. The van der Waals surface area contributed by atoms with E-state index in [2.05, 4.69) is 5.32 Å². The number of halogens is 3. The minimum atomic E-state index is -4.31. The molecule has 0 saturated carbocycles. The van der Waals surface area contributed by atoms with Crippen LogP contribution in [0.25, 0.3) is 0 Å². The monoisotopic (exact) mass is 231 g/mol. The van der Waals surface area contributed by atoms with Crippen molar-refractivity contribution in [3.63, 3.8) is 0 Å². The van der Waals surface area contributed by atoms with Gasteiger partial charge < -0.3 is 10.4 Å². The molecule has 0 saturated heterocycles. The molecule has 2 unspecified atom stereocenters. The van der Waals surface area contributed by atoms with E-state index in [0.29, 0.717) is 17.7 Å². The Morgan fingerprint density at radius 3 is 2.69 bits per heavy atom. The zero-order valence-electron chi connectivity index (χ0n) is 8.67. The number of aliphatic hydroxyl groups is 1. The van der Waals surface area contributed by atoms with E-state index in [1.54, 1.807) is 6.92 Å². The number of anilines is 1. The standard InChI is InChI=1S/C11H12F3NO/c1-6(16)10-5-7-4-8(11(12,13)14)2-3-9(7)15-10/h2-4,6,10,15-16H,5H2,1H3. The smallest absolute Gasteiger partial charge is 0.391 e. The summed E-state index contributed by atoms with van der Waals surface area (Å²) < 4.78 is 37.3. The van der Waals surface area contributed by atoms with Gasteiger partial charge in [-0.15, -0.1) is 0 Å². The molecule has 2 N–H and O–H groups in total. The fourth-order valence-electron chi connectivity index (χ4n) is 1.86. The van der Waals surface area contributed by atoms with Crippen LogP contribution in [0, 0.1) is 0 Å². The van der Waals surface area contributed by atoms with Crippen molar-refractivity contribution >= 4 is 5.69 Å². The Bertz CT molecular complexity index is 401. The van der Waals surface area contributed by atoms with Crippen molar-refractivity contribution in [2.24, 2.45) is 0 Å². The maximum absolute atomic E-state index is 12.4. The average Bonchev–Trinajstić information content (AvgIpc) is 2.58. The minimum absolute atomic E-state index is 0.196. The lowest BCUT2D eigenvalue weighted by Gasteiger charge is -2.13. The third-order valence-corrected chi connectivity index (χ3v) is 2.80. The molecule has 0 spiro atoms. The Labute approximate surface area is 91.1 Å². The Balaban J connectivity index is 2.28. The molecule has 88 valence electrons. The van der Waals surface area contributed by atoms with Crippen LogP contribution in [0.1, 0.15) is 18.1 Å². The molecule has 0 aliphatic carbocycles. The lowest BCUT2D eigenvalue weighted by atomic mass is 10.0. The van der Waals surface area contributed by atoms with Gasteiger partial charge in [-0.2, -0.15) is 13.2 Å². The molecule has 0 bridgehead atoms. The molecular formula is C11H12F3NO. The first kappa shape index (κ1) is 11.3. The quantitative estimate of drug-likeness (QED) is 0.778. The van der Waals surface area contributed by atoms with E-state index in [0.717, 1.165) is 12.1 Å². The highest BCUT2D eigenvalue weighted by Gasteiger charge is 2.33. The van der Waals surface area contributed by atoms with E-state index in [1.165, 1.54) is 6.07 Å². The summed E-state index contributed by atoms with van der Waals surface area (Å²) in [6, 6.07) is 3.42. The molecule has 1 aliphatic rings. The number of hydrogen-bond acceptors (Lipinski definition) is 2. The first-order valence-electron chi connectivity index (χ1n) is 5.02. The van der Waals surface area contributed by atoms with E-state index >= 15 is 0 Å². The second-order valence-electron chi connectivity index (χ2n) is 4.07. The number of benzene rings is 1. The van der Waals surface area contributed by atoms with Crippen molar-refractivity contribution in [3.05, 3.63) is 29.3 Å². The second-order valence-corrected chi connectivity index (χ2v) is 4.07. The van der Waals surface area contributed by atoms with Crippen LogP contribution in [0.15, 0.2) is 18.2 Å². The Morgan fingerprint density at radius 2 is 2.12 bits per heavy atom. The molecule has 1 aromatic rings. The van der Waals surface area contributed by atoms with Gasteiger partial charge in [0, 0.05) is 5.69 Å². The molecule has 0 amide bonds. The van der Waals surface area contributed by atoms with Crippen molar-refractivity contribution in [1.82, 2.24) is 0 Å². The summed E-state index contributed by atoms with van der Waals surface area (Å²) in [5, 5.41) is 12.4. The first-order chi connectivity index (χ1) is 7.38. The zero-order chi connectivity index (χ0) is 11.9. The summed E-state index contributed by atoms with van der Waals surface area (Å²) in [6.07, 6.45) is -4.46. The van der Waals surface area contributed by atoms with Gasteiger partial charge in [0.25, 0.3) is 0 Å². The van der Waals surface area contributed by atoms with Gasteiger partial charge in [-0.05, 0) is 37.1 Å². The molecule has 1 aromatic carbocycles. The Morgan fingerprint density at radius 1 is 1.44 bits per heavy atom. The van der Waals surface area contributed by atoms with E-state index in [9.17, 15) is 18.3 Å². The summed E-state index contributed by atoms with van der Waals surface area (Å²) in [6.45, 7) is 1.62. The first-order valence-corrected chi connectivity index (χ1v) is 5.02. The van der Waals surface area contributed by atoms with Gasteiger partial charge in [0.2, 0.25) is 0 Å². The lowest BCUT2D eigenvalue weighted by molar-refractivity contribution is -0.137. The molecule has 5 heteroatoms. The van der Waals surface area contributed by atoms with Gasteiger partial charge in [-0.3, -0.25) is 0 Å². The predicted molar refractivity (Wildman–Crippen MR) is 54.2 cm³/mol. The summed E-state index contributed by atoms with van der Waals surface area (Å²) in [7, 11) is 0. The molecule has 2 rings (SSSR count). The molecule has 16 heavy (non-hydrogen) atoms. The molecule has 1 aliphatic heterocycles. The van der Waals surface area contributed by atoms with Crippen molar-refractivity contribution in [2.45, 2.75) is 31.7 Å². The molecule has 2 nitrogen and oxygen atoms in total. The third-order valence-electron chi connectivity index (χ3n) is 2.80. The van der Waals surface area contributed by atoms with Gasteiger partial charge in [-0.1, -0.05) is 0 Å². The normalized spacial score (nSPS) is 21.4. The van der Waals surface area contributed by atoms with Crippen LogP contribution in [0.4, 0.5) is 18.9 Å². The van der Waals surface area contributed by atoms with Crippen LogP contribution in [-0.4, -0.2) is 17.3 Å². The van der Waals surface area contributed by atoms with E-state index in [1.807, 2.05) is 0 Å². The SMILES string of the molecule is CC(O)C1Cc2cc(C(F)(F)F)ccc2N1. The summed E-state index contributed by atoms with van der Waals surface area (Å²) in [5.41, 5.74) is 0.652. The molecule has 1 heterocycles.